The van der Waals surface area contributed by atoms with Gasteiger partial charge >= 0.3 is 17.9 Å². The highest BCUT2D eigenvalue weighted by molar-refractivity contribution is 5.90. The predicted octanol–water partition coefficient (Wildman–Crippen LogP) is 1.66. The van der Waals surface area contributed by atoms with E-state index in [0.717, 1.165) is 6.07 Å². The second-order valence-corrected chi connectivity index (χ2v) is 7.62. The van der Waals surface area contributed by atoms with E-state index < -0.39 is 41.5 Å². The lowest BCUT2D eigenvalue weighted by molar-refractivity contribution is -0.0876. The van der Waals surface area contributed by atoms with Crippen molar-refractivity contribution in [3.05, 3.63) is 94.4 Å². The fourth-order valence-corrected chi connectivity index (χ4v) is 3.95. The molecule has 0 spiro atoms. The summed E-state index contributed by atoms with van der Waals surface area (Å²) in [5, 5.41) is 10.1. The Bertz CT molecular complexity index is 1340. The Hall–Kier alpha value is -4.49. The molecule has 10 heteroatoms. The molecule has 5 rings (SSSR count). The summed E-state index contributed by atoms with van der Waals surface area (Å²) in [5.74, 6) is -1.28. The number of hydrogen-bond acceptors (Lipinski definition) is 9. The number of nitrogens with zero attached hydrogens (tertiary/aromatic N) is 3. The van der Waals surface area contributed by atoms with Crippen LogP contribution >= 0.6 is 0 Å². The molecule has 170 valence electrons. The highest BCUT2D eigenvalue weighted by Crippen LogP contribution is 2.45. The molecule has 4 unspecified atom stereocenters. The van der Waals surface area contributed by atoms with E-state index in [0.29, 0.717) is 5.56 Å². The highest BCUT2D eigenvalue weighted by atomic mass is 16.7. The van der Waals surface area contributed by atoms with Gasteiger partial charge < -0.3 is 18.9 Å². The number of carbonyl (C=O) groups excluding carboxylic acids is 2. The summed E-state index contributed by atoms with van der Waals surface area (Å²) in [6.07, 6.45) is -2.01. The molecule has 10 nitrogen and oxygen atoms in total. The number of hydrogen-bond donors (Lipinski definition) is 0. The minimum absolute atomic E-state index is 0.139. The molecule has 2 aliphatic rings. The van der Waals surface area contributed by atoms with E-state index in [4.69, 9.17) is 18.9 Å². The number of carbonyl (C=O) groups is 2. The Kier molecular flexibility index (Phi) is 5.31. The summed E-state index contributed by atoms with van der Waals surface area (Å²) in [4.78, 5) is 40.7. The van der Waals surface area contributed by atoms with Crippen molar-refractivity contribution in [3.8, 4) is 12.1 Å². The molecule has 0 radical (unpaired) electrons. The fraction of sp³-hybridized carbons (Fsp3) is 0.208. The number of esters is 2. The number of aromatic nitrogens is 2. The van der Waals surface area contributed by atoms with Gasteiger partial charge in [-0.25, -0.2) is 9.59 Å². The monoisotopic (exact) mass is 459 g/mol. The molecule has 0 saturated carbocycles. The summed E-state index contributed by atoms with van der Waals surface area (Å²) in [7, 11) is 0. The van der Waals surface area contributed by atoms with E-state index in [1.165, 1.54) is 10.8 Å². The van der Waals surface area contributed by atoms with Crippen molar-refractivity contribution >= 4 is 11.9 Å². The van der Waals surface area contributed by atoms with Crippen LogP contribution in [-0.2, 0) is 19.9 Å². The maximum Gasteiger partial charge on any atom is 0.338 e. The SMILES string of the molecule is N#CC12OC(COC(=O)c3ccccc3)C(OC(=O)c3ccccc3)C1Oc1nc(=O)ccn12. The average molecular weight is 459 g/mol. The van der Waals surface area contributed by atoms with Crippen LogP contribution in [0.3, 0.4) is 0 Å². The van der Waals surface area contributed by atoms with Crippen molar-refractivity contribution in [2.75, 3.05) is 6.61 Å². The van der Waals surface area contributed by atoms with Crippen LogP contribution in [0.1, 0.15) is 20.7 Å². The van der Waals surface area contributed by atoms with Crippen LogP contribution in [0.15, 0.2) is 77.7 Å². The molecular formula is C24H17N3O7. The zero-order valence-corrected chi connectivity index (χ0v) is 17.6. The van der Waals surface area contributed by atoms with Gasteiger partial charge in [0.25, 0.3) is 11.3 Å². The second-order valence-electron chi connectivity index (χ2n) is 7.62. The third kappa shape index (κ3) is 3.58. The number of nitriles is 1. The fourth-order valence-electron chi connectivity index (χ4n) is 3.95. The number of ether oxygens (including phenoxy) is 4. The Morgan fingerprint density at radius 3 is 2.32 bits per heavy atom. The van der Waals surface area contributed by atoms with Crippen molar-refractivity contribution in [2.45, 2.75) is 24.0 Å². The zero-order chi connectivity index (χ0) is 23.7. The van der Waals surface area contributed by atoms with Gasteiger partial charge in [-0.2, -0.15) is 10.2 Å². The van der Waals surface area contributed by atoms with Crippen LogP contribution in [-0.4, -0.2) is 46.4 Å². The van der Waals surface area contributed by atoms with Gasteiger partial charge in [0.05, 0.1) is 11.1 Å². The van der Waals surface area contributed by atoms with Crippen molar-refractivity contribution in [2.24, 2.45) is 0 Å². The Morgan fingerprint density at radius 2 is 1.68 bits per heavy atom. The molecule has 0 N–H and O–H groups in total. The summed E-state index contributed by atoms with van der Waals surface area (Å²) in [6.45, 7) is -0.313. The molecule has 4 atom stereocenters. The molecule has 0 bridgehead atoms. The molecule has 0 aliphatic carbocycles. The minimum Gasteiger partial charge on any atom is -0.459 e. The van der Waals surface area contributed by atoms with E-state index in [9.17, 15) is 19.6 Å². The molecule has 0 amide bonds. The Balaban J connectivity index is 1.45. The van der Waals surface area contributed by atoms with Crippen LogP contribution in [0.25, 0.3) is 0 Å². The summed E-state index contributed by atoms with van der Waals surface area (Å²) >= 11 is 0. The van der Waals surface area contributed by atoms with E-state index in [1.54, 1.807) is 60.7 Å². The number of benzene rings is 2. The summed E-state index contributed by atoms with van der Waals surface area (Å²) < 4.78 is 24.1. The molecule has 3 heterocycles. The lowest BCUT2D eigenvalue weighted by atomic mass is 10.0. The van der Waals surface area contributed by atoms with E-state index in [-0.39, 0.29) is 18.2 Å². The number of fused-ring (bicyclic) bond motifs is 3. The van der Waals surface area contributed by atoms with Gasteiger partial charge in [0.1, 0.15) is 18.8 Å². The Morgan fingerprint density at radius 1 is 1.03 bits per heavy atom. The van der Waals surface area contributed by atoms with E-state index in [2.05, 4.69) is 4.98 Å². The predicted molar refractivity (Wildman–Crippen MR) is 114 cm³/mol. The van der Waals surface area contributed by atoms with Crippen molar-refractivity contribution in [3.63, 3.8) is 0 Å². The standard InChI is InChI=1S/C24H17N3O7/c25-14-24-20(33-23-26-18(28)11-12-27(23)24)19(32-22(30)16-9-5-2-6-10-16)17(34-24)13-31-21(29)15-7-3-1-4-8-15/h1-12,17,19-20H,13H2. The van der Waals surface area contributed by atoms with Crippen molar-refractivity contribution in [1.82, 2.24) is 9.55 Å². The maximum absolute atomic E-state index is 12.8. The van der Waals surface area contributed by atoms with Crippen LogP contribution in [0.2, 0.25) is 0 Å². The summed E-state index contributed by atoms with van der Waals surface area (Å²) in [5.41, 5.74) is -1.73. The molecular weight excluding hydrogens is 442 g/mol. The first-order valence-electron chi connectivity index (χ1n) is 10.4. The molecule has 1 aromatic heterocycles. The third-order valence-electron chi connectivity index (χ3n) is 5.55. The molecule has 1 fully saturated rings. The van der Waals surface area contributed by atoms with Crippen molar-refractivity contribution < 1.29 is 28.5 Å². The van der Waals surface area contributed by atoms with Crippen LogP contribution in [0, 0.1) is 11.3 Å². The van der Waals surface area contributed by atoms with E-state index >= 15 is 0 Å². The normalized spacial score (nSPS) is 24.3. The number of rotatable bonds is 5. The van der Waals surface area contributed by atoms with E-state index in [1.807, 2.05) is 6.07 Å². The first kappa shape index (κ1) is 21.4. The second kappa shape index (κ2) is 8.46. The van der Waals surface area contributed by atoms with Gasteiger partial charge in [0, 0.05) is 12.3 Å². The molecule has 2 aliphatic heterocycles. The topological polar surface area (TPSA) is 130 Å². The molecule has 34 heavy (non-hydrogen) atoms. The average Bonchev–Trinajstić information content (AvgIpc) is 3.34. The minimum atomic E-state index is -1.78. The van der Waals surface area contributed by atoms with Crippen LogP contribution < -0.4 is 10.3 Å². The molecule has 3 aromatic rings. The first-order valence-corrected chi connectivity index (χ1v) is 10.4. The summed E-state index contributed by atoms with van der Waals surface area (Å²) in [6, 6.07) is 19.7. The Labute approximate surface area is 192 Å². The van der Waals surface area contributed by atoms with Crippen LogP contribution in [0.5, 0.6) is 6.01 Å². The molecule has 2 aromatic carbocycles. The lowest BCUT2D eigenvalue weighted by Crippen LogP contribution is -2.44. The molecule has 1 saturated heterocycles. The van der Waals surface area contributed by atoms with Gasteiger partial charge in [0.15, 0.2) is 6.10 Å². The highest BCUT2D eigenvalue weighted by Gasteiger charge is 2.65. The third-order valence-corrected chi connectivity index (χ3v) is 5.55. The van der Waals surface area contributed by atoms with Gasteiger partial charge in [-0.3, -0.25) is 9.36 Å². The van der Waals surface area contributed by atoms with Gasteiger partial charge in [-0.1, -0.05) is 36.4 Å². The van der Waals surface area contributed by atoms with Crippen LogP contribution in [0.4, 0.5) is 0 Å². The largest absolute Gasteiger partial charge is 0.459 e. The first-order chi connectivity index (χ1) is 16.5. The van der Waals surface area contributed by atoms with Crippen molar-refractivity contribution in [1.29, 1.82) is 5.26 Å². The zero-order valence-electron chi connectivity index (χ0n) is 17.6. The van der Waals surface area contributed by atoms with Gasteiger partial charge in [0.2, 0.25) is 6.10 Å². The maximum atomic E-state index is 12.8. The van der Waals surface area contributed by atoms with Gasteiger partial charge in [-0.15, -0.1) is 0 Å². The smallest absolute Gasteiger partial charge is 0.338 e. The quantitative estimate of drug-likeness (QED) is 0.523. The lowest BCUT2D eigenvalue weighted by Gasteiger charge is -2.21. The van der Waals surface area contributed by atoms with Gasteiger partial charge in [-0.05, 0) is 24.3 Å².